The molecule has 144 valence electrons. The van der Waals surface area contributed by atoms with Crippen LogP contribution < -0.4 is 9.64 Å². The van der Waals surface area contributed by atoms with E-state index in [2.05, 4.69) is 4.98 Å². The number of aromatic carboxylic acids is 1. The molecule has 0 spiro atoms. The molecule has 0 fully saturated rings. The zero-order valence-corrected chi connectivity index (χ0v) is 16.1. The van der Waals surface area contributed by atoms with E-state index in [4.69, 9.17) is 21.1 Å². The van der Waals surface area contributed by atoms with E-state index in [1.54, 1.807) is 45.3 Å². The van der Waals surface area contributed by atoms with Gasteiger partial charge in [-0.15, -0.1) is 0 Å². The third kappa shape index (κ3) is 6.14. The van der Waals surface area contributed by atoms with Crippen LogP contribution in [0.25, 0.3) is 0 Å². The van der Waals surface area contributed by atoms with Gasteiger partial charge in [-0.2, -0.15) is 0 Å². The zero-order chi connectivity index (χ0) is 20.0. The summed E-state index contributed by atoms with van der Waals surface area (Å²) in [5.74, 6) is -0.976. The second-order valence-electron chi connectivity index (χ2n) is 6.63. The van der Waals surface area contributed by atoms with Gasteiger partial charge in [0, 0.05) is 17.4 Å². The number of carbonyl (C=O) groups excluding carboxylic acids is 1. The lowest BCUT2D eigenvalue weighted by Crippen LogP contribution is -2.39. The quantitative estimate of drug-likeness (QED) is 0.790. The predicted molar refractivity (Wildman–Crippen MR) is 102 cm³/mol. The molecule has 1 amide bonds. The van der Waals surface area contributed by atoms with Crippen molar-refractivity contribution in [2.75, 3.05) is 18.1 Å². The maximum Gasteiger partial charge on any atom is 0.414 e. The molecule has 2 rings (SSSR count). The van der Waals surface area contributed by atoms with E-state index < -0.39 is 17.7 Å². The fraction of sp³-hybridized carbons (Fsp3) is 0.316. The molecular weight excluding hydrogens is 372 g/mol. The van der Waals surface area contributed by atoms with Gasteiger partial charge >= 0.3 is 12.1 Å². The molecule has 0 radical (unpaired) electrons. The SMILES string of the molecule is CC(C)(C)OC(=O)N(CCOc1ccc(Cl)cc1C(=O)O)c1ccncc1. The molecular formula is C19H21ClN2O5. The number of hydrogen-bond acceptors (Lipinski definition) is 5. The van der Waals surface area contributed by atoms with Crippen molar-refractivity contribution in [2.24, 2.45) is 0 Å². The number of pyridine rings is 1. The number of rotatable bonds is 6. The van der Waals surface area contributed by atoms with Crippen molar-refractivity contribution in [1.29, 1.82) is 0 Å². The Morgan fingerprint density at radius 3 is 2.44 bits per heavy atom. The Kier molecular flexibility index (Phi) is 6.63. The Labute approximate surface area is 162 Å². The van der Waals surface area contributed by atoms with Gasteiger partial charge in [0.1, 0.15) is 23.5 Å². The number of nitrogens with zero attached hydrogens (tertiary/aromatic N) is 2. The molecule has 0 atom stereocenters. The summed E-state index contributed by atoms with van der Waals surface area (Å²) >= 11 is 5.83. The fourth-order valence-electron chi connectivity index (χ4n) is 2.21. The van der Waals surface area contributed by atoms with E-state index in [0.29, 0.717) is 10.7 Å². The van der Waals surface area contributed by atoms with E-state index in [-0.39, 0.29) is 24.5 Å². The molecule has 0 aliphatic rings. The van der Waals surface area contributed by atoms with Crippen LogP contribution in [-0.4, -0.2) is 40.9 Å². The number of ether oxygens (including phenoxy) is 2. The highest BCUT2D eigenvalue weighted by molar-refractivity contribution is 6.31. The van der Waals surface area contributed by atoms with E-state index >= 15 is 0 Å². The van der Waals surface area contributed by atoms with Crippen molar-refractivity contribution in [3.63, 3.8) is 0 Å². The standard InChI is InChI=1S/C19H21ClN2O5/c1-19(2,3)27-18(25)22(14-6-8-21-9-7-14)10-11-26-16-5-4-13(20)12-15(16)17(23)24/h4-9,12H,10-11H2,1-3H3,(H,23,24). The summed E-state index contributed by atoms with van der Waals surface area (Å²) in [6.07, 6.45) is 2.59. The molecule has 0 bridgehead atoms. The molecule has 0 aliphatic heterocycles. The number of carbonyl (C=O) groups is 2. The van der Waals surface area contributed by atoms with Gasteiger partial charge in [0.05, 0.1) is 12.2 Å². The summed E-state index contributed by atoms with van der Waals surface area (Å²) in [5.41, 5.74) is -0.108. The third-order valence-corrected chi connectivity index (χ3v) is 3.57. The topological polar surface area (TPSA) is 89.0 Å². The van der Waals surface area contributed by atoms with Gasteiger partial charge in [0.25, 0.3) is 0 Å². The van der Waals surface area contributed by atoms with Crippen LogP contribution in [0.15, 0.2) is 42.7 Å². The van der Waals surface area contributed by atoms with Crippen LogP contribution in [0.3, 0.4) is 0 Å². The smallest absolute Gasteiger partial charge is 0.414 e. The van der Waals surface area contributed by atoms with Crippen LogP contribution >= 0.6 is 11.6 Å². The van der Waals surface area contributed by atoms with E-state index in [9.17, 15) is 14.7 Å². The number of anilines is 1. The highest BCUT2D eigenvalue weighted by atomic mass is 35.5. The summed E-state index contributed by atoms with van der Waals surface area (Å²) in [7, 11) is 0. The number of benzene rings is 1. The zero-order valence-electron chi connectivity index (χ0n) is 15.3. The number of hydrogen-bond donors (Lipinski definition) is 1. The Morgan fingerprint density at radius 1 is 1.19 bits per heavy atom. The predicted octanol–water partition coefficient (Wildman–Crippen LogP) is 4.25. The van der Waals surface area contributed by atoms with Crippen molar-refractivity contribution < 1.29 is 24.2 Å². The number of aromatic nitrogens is 1. The highest BCUT2D eigenvalue weighted by Gasteiger charge is 2.23. The Morgan fingerprint density at radius 2 is 1.85 bits per heavy atom. The number of carboxylic acids is 1. The summed E-state index contributed by atoms with van der Waals surface area (Å²) in [5, 5.41) is 9.56. The minimum absolute atomic E-state index is 0.0461. The van der Waals surface area contributed by atoms with Crippen molar-refractivity contribution in [3.05, 3.63) is 53.3 Å². The van der Waals surface area contributed by atoms with Gasteiger partial charge in [0.15, 0.2) is 0 Å². The van der Waals surface area contributed by atoms with Crippen LogP contribution in [0, 0.1) is 0 Å². The molecule has 2 aromatic rings. The number of amides is 1. The molecule has 1 aromatic heterocycles. The second kappa shape index (κ2) is 8.73. The molecule has 27 heavy (non-hydrogen) atoms. The van der Waals surface area contributed by atoms with Crippen LogP contribution in [0.2, 0.25) is 5.02 Å². The van der Waals surface area contributed by atoms with Crippen molar-refractivity contribution >= 4 is 29.4 Å². The van der Waals surface area contributed by atoms with Crippen LogP contribution in [0.4, 0.5) is 10.5 Å². The number of carboxylic acid groups (broad SMARTS) is 1. The van der Waals surface area contributed by atoms with Gasteiger partial charge < -0.3 is 14.6 Å². The summed E-state index contributed by atoms with van der Waals surface area (Å²) in [4.78, 5) is 29.2. The normalized spacial score (nSPS) is 11.0. The molecule has 8 heteroatoms. The average molecular weight is 393 g/mol. The highest BCUT2D eigenvalue weighted by Crippen LogP contribution is 2.23. The molecule has 0 unspecified atom stereocenters. The van der Waals surface area contributed by atoms with Gasteiger partial charge in [-0.3, -0.25) is 9.88 Å². The summed E-state index contributed by atoms with van der Waals surface area (Å²) in [6.45, 7) is 5.54. The van der Waals surface area contributed by atoms with Crippen LogP contribution in [0.1, 0.15) is 31.1 Å². The van der Waals surface area contributed by atoms with E-state index in [1.807, 2.05) is 0 Å². The maximum absolute atomic E-state index is 12.5. The first-order valence-corrected chi connectivity index (χ1v) is 8.61. The minimum atomic E-state index is -1.15. The van der Waals surface area contributed by atoms with Crippen LogP contribution in [-0.2, 0) is 4.74 Å². The first-order chi connectivity index (χ1) is 12.7. The molecule has 7 nitrogen and oxygen atoms in total. The summed E-state index contributed by atoms with van der Waals surface area (Å²) < 4.78 is 11.0. The van der Waals surface area contributed by atoms with Gasteiger partial charge in [0.2, 0.25) is 0 Å². The lowest BCUT2D eigenvalue weighted by Gasteiger charge is -2.27. The minimum Gasteiger partial charge on any atom is -0.491 e. The lowest BCUT2D eigenvalue weighted by molar-refractivity contribution is 0.0572. The van der Waals surface area contributed by atoms with Crippen molar-refractivity contribution in [2.45, 2.75) is 26.4 Å². The van der Waals surface area contributed by atoms with Gasteiger partial charge in [-0.1, -0.05) is 11.6 Å². The van der Waals surface area contributed by atoms with Crippen molar-refractivity contribution in [3.8, 4) is 5.75 Å². The number of halogens is 1. The Bertz CT molecular complexity index is 805. The maximum atomic E-state index is 12.5. The molecule has 0 aliphatic carbocycles. The van der Waals surface area contributed by atoms with Gasteiger partial charge in [-0.05, 0) is 51.1 Å². The Hall–Kier alpha value is -2.80. The first kappa shape index (κ1) is 20.5. The van der Waals surface area contributed by atoms with E-state index in [1.165, 1.54) is 23.1 Å². The molecule has 1 N–H and O–H groups in total. The second-order valence-corrected chi connectivity index (χ2v) is 7.07. The average Bonchev–Trinajstić information content (AvgIpc) is 2.58. The van der Waals surface area contributed by atoms with Crippen molar-refractivity contribution in [1.82, 2.24) is 4.98 Å². The van der Waals surface area contributed by atoms with E-state index in [0.717, 1.165) is 0 Å². The lowest BCUT2D eigenvalue weighted by atomic mass is 10.2. The third-order valence-electron chi connectivity index (χ3n) is 3.33. The fourth-order valence-corrected chi connectivity index (χ4v) is 2.38. The first-order valence-electron chi connectivity index (χ1n) is 8.23. The van der Waals surface area contributed by atoms with Gasteiger partial charge in [-0.25, -0.2) is 9.59 Å². The summed E-state index contributed by atoms with van der Waals surface area (Å²) in [6, 6.07) is 7.69. The van der Waals surface area contributed by atoms with Crippen LogP contribution in [0.5, 0.6) is 5.75 Å². The Balaban J connectivity index is 2.13. The molecule has 1 aromatic carbocycles. The monoisotopic (exact) mass is 392 g/mol. The molecule has 0 saturated heterocycles. The molecule has 1 heterocycles. The molecule has 0 saturated carbocycles. The largest absolute Gasteiger partial charge is 0.491 e.